The smallest absolute Gasteiger partial charge is 0.122 e. The van der Waals surface area contributed by atoms with E-state index in [0.29, 0.717) is 12.2 Å². The molecule has 1 aromatic rings. The summed E-state index contributed by atoms with van der Waals surface area (Å²) in [6.45, 7) is 4.15. The van der Waals surface area contributed by atoms with Gasteiger partial charge in [0.2, 0.25) is 0 Å². The van der Waals surface area contributed by atoms with Gasteiger partial charge in [-0.25, -0.2) is 0 Å². The number of benzene rings is 1. The van der Waals surface area contributed by atoms with Crippen molar-refractivity contribution in [2.75, 3.05) is 7.11 Å². The van der Waals surface area contributed by atoms with Crippen molar-refractivity contribution in [3.05, 3.63) is 28.3 Å². The third kappa shape index (κ3) is 2.93. The van der Waals surface area contributed by atoms with Crippen LogP contribution in [0.4, 0.5) is 0 Å². The Morgan fingerprint density at radius 2 is 2.12 bits per heavy atom. The SMILES string of the molecule is CCC1OC1CCc1cc(Cl)c(C)cc1OC. The van der Waals surface area contributed by atoms with Crippen LogP contribution in [0, 0.1) is 6.92 Å². The highest BCUT2D eigenvalue weighted by molar-refractivity contribution is 6.31. The minimum absolute atomic E-state index is 0.435. The first-order chi connectivity index (χ1) is 8.15. The molecule has 2 atom stereocenters. The number of methoxy groups -OCH3 is 1. The molecule has 0 aromatic heterocycles. The molecule has 2 unspecified atom stereocenters. The van der Waals surface area contributed by atoms with Gasteiger partial charge in [0.05, 0.1) is 19.3 Å². The van der Waals surface area contributed by atoms with Crippen LogP contribution >= 0.6 is 11.6 Å². The summed E-state index contributed by atoms with van der Waals surface area (Å²) in [5.74, 6) is 0.931. The standard InChI is InChI=1S/C14H19ClO2/c1-4-12-13(17-12)6-5-10-8-11(15)9(2)7-14(10)16-3/h7-8,12-13H,4-6H2,1-3H3. The van der Waals surface area contributed by atoms with E-state index in [-0.39, 0.29) is 0 Å². The molecule has 1 heterocycles. The number of halogens is 1. The molecule has 0 aliphatic carbocycles. The van der Waals surface area contributed by atoms with Crippen molar-refractivity contribution in [1.29, 1.82) is 0 Å². The lowest BCUT2D eigenvalue weighted by Gasteiger charge is -2.10. The number of epoxide rings is 1. The van der Waals surface area contributed by atoms with Crippen LogP contribution in [-0.4, -0.2) is 19.3 Å². The van der Waals surface area contributed by atoms with Crippen LogP contribution in [0.2, 0.25) is 5.02 Å². The van der Waals surface area contributed by atoms with Gasteiger partial charge < -0.3 is 9.47 Å². The van der Waals surface area contributed by atoms with Crippen LogP contribution in [0.25, 0.3) is 0 Å². The molecule has 0 N–H and O–H groups in total. The van der Waals surface area contributed by atoms with Gasteiger partial charge in [0.25, 0.3) is 0 Å². The Hall–Kier alpha value is -0.730. The fourth-order valence-corrected chi connectivity index (χ4v) is 2.36. The monoisotopic (exact) mass is 254 g/mol. The average molecular weight is 255 g/mol. The number of aryl methyl sites for hydroxylation is 2. The van der Waals surface area contributed by atoms with Gasteiger partial charge in [-0.1, -0.05) is 18.5 Å². The largest absolute Gasteiger partial charge is 0.496 e. The average Bonchev–Trinajstić information content (AvgIpc) is 3.08. The van der Waals surface area contributed by atoms with Crippen molar-refractivity contribution in [3.63, 3.8) is 0 Å². The molecule has 2 nitrogen and oxygen atoms in total. The van der Waals surface area contributed by atoms with Crippen LogP contribution in [0.5, 0.6) is 5.75 Å². The van der Waals surface area contributed by atoms with Crippen molar-refractivity contribution in [2.24, 2.45) is 0 Å². The van der Waals surface area contributed by atoms with E-state index in [1.54, 1.807) is 7.11 Å². The Bertz CT molecular complexity index is 403. The maximum absolute atomic E-state index is 6.14. The summed E-state index contributed by atoms with van der Waals surface area (Å²) in [5, 5.41) is 0.810. The van der Waals surface area contributed by atoms with Crippen molar-refractivity contribution in [2.45, 2.75) is 45.3 Å². The summed E-state index contributed by atoms with van der Waals surface area (Å²) in [7, 11) is 1.70. The Kier molecular flexibility index (Phi) is 3.95. The number of hydrogen-bond donors (Lipinski definition) is 0. The molecule has 1 fully saturated rings. The molecule has 3 heteroatoms. The van der Waals surface area contributed by atoms with Gasteiger partial charge in [0.15, 0.2) is 0 Å². The normalized spacial score (nSPS) is 22.6. The molecule has 1 aliphatic rings. The van der Waals surface area contributed by atoms with E-state index < -0.39 is 0 Å². The first-order valence-corrected chi connectivity index (χ1v) is 6.52. The summed E-state index contributed by atoms with van der Waals surface area (Å²) in [5.41, 5.74) is 2.23. The molecule has 0 radical (unpaired) electrons. The lowest BCUT2D eigenvalue weighted by Crippen LogP contribution is -1.98. The van der Waals surface area contributed by atoms with E-state index >= 15 is 0 Å². The van der Waals surface area contributed by atoms with E-state index in [4.69, 9.17) is 21.1 Å². The molecular formula is C14H19ClO2. The summed E-state index contributed by atoms with van der Waals surface area (Å²) < 4.78 is 10.9. The van der Waals surface area contributed by atoms with Crippen LogP contribution in [0.3, 0.4) is 0 Å². The Morgan fingerprint density at radius 1 is 1.35 bits per heavy atom. The second kappa shape index (κ2) is 5.28. The summed E-state index contributed by atoms with van der Waals surface area (Å²) in [6.07, 6.45) is 4.03. The topological polar surface area (TPSA) is 21.8 Å². The van der Waals surface area contributed by atoms with Gasteiger partial charge in [-0.05, 0) is 49.4 Å². The van der Waals surface area contributed by atoms with Crippen LogP contribution in [0.15, 0.2) is 12.1 Å². The molecule has 2 rings (SSSR count). The molecule has 94 valence electrons. The van der Waals surface area contributed by atoms with Crippen molar-refractivity contribution >= 4 is 11.6 Å². The maximum Gasteiger partial charge on any atom is 0.122 e. The molecule has 0 saturated carbocycles. The van der Waals surface area contributed by atoms with E-state index in [2.05, 4.69) is 6.92 Å². The van der Waals surface area contributed by atoms with Gasteiger partial charge in [0.1, 0.15) is 5.75 Å². The van der Waals surface area contributed by atoms with Gasteiger partial charge in [-0.2, -0.15) is 0 Å². The Labute approximate surface area is 108 Å². The van der Waals surface area contributed by atoms with E-state index in [0.717, 1.165) is 35.6 Å². The summed E-state index contributed by atoms with van der Waals surface area (Å²) >= 11 is 6.14. The molecule has 1 aromatic carbocycles. The summed E-state index contributed by atoms with van der Waals surface area (Å²) in [4.78, 5) is 0. The molecule has 1 saturated heterocycles. The predicted molar refractivity (Wildman–Crippen MR) is 70.0 cm³/mol. The van der Waals surface area contributed by atoms with Gasteiger partial charge in [-0.15, -0.1) is 0 Å². The fraction of sp³-hybridized carbons (Fsp3) is 0.571. The lowest BCUT2D eigenvalue weighted by molar-refractivity contribution is 0.358. The van der Waals surface area contributed by atoms with Crippen molar-refractivity contribution < 1.29 is 9.47 Å². The second-order valence-electron chi connectivity index (χ2n) is 4.57. The van der Waals surface area contributed by atoms with Crippen molar-refractivity contribution in [3.8, 4) is 5.75 Å². The first kappa shape index (κ1) is 12.7. The van der Waals surface area contributed by atoms with E-state index in [9.17, 15) is 0 Å². The van der Waals surface area contributed by atoms with E-state index in [1.165, 1.54) is 5.56 Å². The molecule has 1 aliphatic heterocycles. The maximum atomic E-state index is 6.14. The van der Waals surface area contributed by atoms with Crippen LogP contribution < -0.4 is 4.74 Å². The third-order valence-corrected chi connectivity index (χ3v) is 3.76. The van der Waals surface area contributed by atoms with E-state index in [1.807, 2.05) is 19.1 Å². The predicted octanol–water partition coefficient (Wildman–Crippen LogP) is 3.77. The highest BCUT2D eigenvalue weighted by atomic mass is 35.5. The third-order valence-electron chi connectivity index (χ3n) is 3.35. The lowest BCUT2D eigenvalue weighted by atomic mass is 10.0. The zero-order valence-electron chi connectivity index (χ0n) is 10.6. The van der Waals surface area contributed by atoms with Gasteiger partial charge in [0, 0.05) is 5.02 Å². The van der Waals surface area contributed by atoms with Crippen LogP contribution in [0.1, 0.15) is 30.9 Å². The van der Waals surface area contributed by atoms with Gasteiger partial charge in [-0.3, -0.25) is 0 Å². The van der Waals surface area contributed by atoms with Crippen LogP contribution in [-0.2, 0) is 11.2 Å². The number of rotatable bonds is 5. The highest BCUT2D eigenvalue weighted by Gasteiger charge is 2.36. The molecular weight excluding hydrogens is 236 g/mol. The number of hydrogen-bond acceptors (Lipinski definition) is 2. The Morgan fingerprint density at radius 3 is 2.71 bits per heavy atom. The quantitative estimate of drug-likeness (QED) is 0.746. The van der Waals surface area contributed by atoms with Crippen molar-refractivity contribution in [1.82, 2.24) is 0 Å². The number of ether oxygens (including phenoxy) is 2. The molecule has 0 bridgehead atoms. The molecule has 0 spiro atoms. The fourth-order valence-electron chi connectivity index (χ4n) is 2.17. The second-order valence-corrected chi connectivity index (χ2v) is 4.98. The Balaban J connectivity index is 2.02. The first-order valence-electron chi connectivity index (χ1n) is 6.14. The zero-order valence-corrected chi connectivity index (χ0v) is 11.4. The molecule has 0 amide bonds. The zero-order chi connectivity index (χ0) is 12.4. The minimum Gasteiger partial charge on any atom is -0.496 e. The molecule has 17 heavy (non-hydrogen) atoms. The highest BCUT2D eigenvalue weighted by Crippen LogP contribution is 2.32. The summed E-state index contributed by atoms with van der Waals surface area (Å²) in [6, 6.07) is 4.02. The van der Waals surface area contributed by atoms with Gasteiger partial charge >= 0.3 is 0 Å². The minimum atomic E-state index is 0.435.